The molecule has 3 rings (SSSR count). The molecule has 164 valence electrons. The molecule has 1 nitrogen and oxygen atoms in total. The maximum Gasteiger partial charge on any atom is 0.201 e. The molecule has 0 aliphatic rings. The first-order chi connectivity index (χ1) is 15.0. The summed E-state index contributed by atoms with van der Waals surface area (Å²) in [5.41, 5.74) is 4.22. The van der Waals surface area contributed by atoms with Crippen molar-refractivity contribution in [3.63, 3.8) is 0 Å². The molecular weight excluding hydrogens is 390 g/mol. The monoisotopic (exact) mass is 422 g/mol. The van der Waals surface area contributed by atoms with Gasteiger partial charge >= 0.3 is 0 Å². The molecule has 0 heterocycles. The van der Waals surface area contributed by atoms with Crippen LogP contribution in [-0.4, -0.2) is 6.61 Å². The molecule has 31 heavy (non-hydrogen) atoms. The van der Waals surface area contributed by atoms with Gasteiger partial charge < -0.3 is 4.74 Å². The second kappa shape index (κ2) is 11.1. The lowest BCUT2D eigenvalue weighted by molar-refractivity contribution is 0.281. The highest BCUT2D eigenvalue weighted by Crippen LogP contribution is 2.31. The normalized spacial score (nSPS) is 12.0. The van der Waals surface area contributed by atoms with Gasteiger partial charge in [0.2, 0.25) is 5.82 Å². The lowest BCUT2D eigenvalue weighted by Crippen LogP contribution is -2.03. The van der Waals surface area contributed by atoms with Gasteiger partial charge in [-0.2, -0.15) is 4.39 Å². The summed E-state index contributed by atoms with van der Waals surface area (Å²) in [5, 5.41) is 0. The van der Waals surface area contributed by atoms with Crippen LogP contribution in [0.2, 0.25) is 0 Å². The molecular formula is C28H32F2O. The van der Waals surface area contributed by atoms with Gasteiger partial charge in [0.25, 0.3) is 0 Å². The predicted molar refractivity (Wildman–Crippen MR) is 125 cm³/mol. The highest BCUT2D eigenvalue weighted by molar-refractivity contribution is 5.71. The molecule has 0 N–H and O–H groups in total. The largest absolute Gasteiger partial charge is 0.490 e. The average Bonchev–Trinajstić information content (AvgIpc) is 2.77. The fourth-order valence-electron chi connectivity index (χ4n) is 3.87. The van der Waals surface area contributed by atoms with Gasteiger partial charge in [0.1, 0.15) is 0 Å². The van der Waals surface area contributed by atoms with Gasteiger partial charge in [-0.05, 0) is 54.5 Å². The summed E-state index contributed by atoms with van der Waals surface area (Å²) >= 11 is 0. The summed E-state index contributed by atoms with van der Waals surface area (Å²) < 4.78 is 34.8. The average molecular weight is 423 g/mol. The molecule has 1 unspecified atom stereocenters. The Morgan fingerprint density at radius 3 is 2.00 bits per heavy atom. The highest BCUT2D eigenvalue weighted by Gasteiger charge is 2.16. The topological polar surface area (TPSA) is 9.23 Å². The molecule has 0 aliphatic heterocycles. The summed E-state index contributed by atoms with van der Waals surface area (Å²) in [6.45, 7) is 6.90. The molecule has 0 fully saturated rings. The van der Waals surface area contributed by atoms with Crippen LogP contribution in [0.5, 0.6) is 5.75 Å². The first kappa shape index (κ1) is 23.0. The lowest BCUT2D eigenvalue weighted by atomic mass is 9.99. The Labute approximate surface area is 185 Å². The van der Waals surface area contributed by atoms with Crippen molar-refractivity contribution in [2.24, 2.45) is 5.92 Å². The van der Waals surface area contributed by atoms with Crippen LogP contribution in [-0.2, 0) is 0 Å². The zero-order chi connectivity index (χ0) is 22.2. The molecule has 3 aromatic rings. The third kappa shape index (κ3) is 6.16. The van der Waals surface area contributed by atoms with E-state index in [-0.39, 0.29) is 11.3 Å². The van der Waals surface area contributed by atoms with Gasteiger partial charge in [-0.3, -0.25) is 0 Å². The van der Waals surface area contributed by atoms with Crippen molar-refractivity contribution in [3.05, 3.63) is 77.9 Å². The first-order valence-corrected chi connectivity index (χ1v) is 11.3. The van der Waals surface area contributed by atoms with Crippen molar-refractivity contribution in [1.29, 1.82) is 0 Å². The van der Waals surface area contributed by atoms with E-state index in [1.165, 1.54) is 24.5 Å². The molecule has 3 heteroatoms. The van der Waals surface area contributed by atoms with E-state index in [0.29, 0.717) is 18.1 Å². The number of benzene rings is 3. The SMILES string of the molecule is CCCC(C)CCCCOc1ccc(-c2ccc(-c3ccc(C)cc3)cc2)c(F)c1F. The number of rotatable bonds is 10. The highest BCUT2D eigenvalue weighted by atomic mass is 19.2. The number of halogens is 2. The van der Waals surface area contributed by atoms with Gasteiger partial charge in [-0.15, -0.1) is 0 Å². The Hall–Kier alpha value is -2.68. The van der Waals surface area contributed by atoms with Gasteiger partial charge in [0.05, 0.1) is 6.61 Å². The van der Waals surface area contributed by atoms with Gasteiger partial charge in [0, 0.05) is 5.56 Å². The van der Waals surface area contributed by atoms with Crippen LogP contribution in [0.25, 0.3) is 22.3 Å². The van der Waals surface area contributed by atoms with Crippen molar-refractivity contribution in [2.75, 3.05) is 6.61 Å². The van der Waals surface area contributed by atoms with Crippen molar-refractivity contribution in [1.82, 2.24) is 0 Å². The molecule has 0 radical (unpaired) electrons. The minimum atomic E-state index is -0.917. The summed E-state index contributed by atoms with van der Waals surface area (Å²) in [5.74, 6) is -1.09. The molecule has 0 aromatic heterocycles. The van der Waals surface area contributed by atoms with Gasteiger partial charge in [0.15, 0.2) is 11.6 Å². The van der Waals surface area contributed by atoms with Gasteiger partial charge in [-0.1, -0.05) is 87.2 Å². The van der Waals surface area contributed by atoms with E-state index in [1.54, 1.807) is 6.07 Å². The van der Waals surface area contributed by atoms with Gasteiger partial charge in [-0.25, -0.2) is 4.39 Å². The Balaban J connectivity index is 1.63. The smallest absolute Gasteiger partial charge is 0.201 e. The zero-order valence-corrected chi connectivity index (χ0v) is 18.8. The van der Waals surface area contributed by atoms with E-state index in [9.17, 15) is 8.78 Å². The second-order valence-corrected chi connectivity index (χ2v) is 8.42. The minimum absolute atomic E-state index is 0.0147. The minimum Gasteiger partial charge on any atom is -0.490 e. The number of hydrogen-bond acceptors (Lipinski definition) is 1. The zero-order valence-electron chi connectivity index (χ0n) is 18.8. The Bertz CT molecular complexity index is 962. The van der Waals surface area contributed by atoms with Crippen molar-refractivity contribution < 1.29 is 13.5 Å². The standard InChI is InChI=1S/C28H32F2O/c1-4-7-20(2)8-5-6-19-31-26-18-17-25(27(29)28(26)30)24-15-13-23(14-16-24)22-11-9-21(3)10-12-22/h9-18,20H,4-8,19H2,1-3H3. The molecule has 0 spiro atoms. The van der Waals surface area contributed by atoms with E-state index < -0.39 is 11.6 Å². The predicted octanol–water partition coefficient (Wildman–Crippen LogP) is 8.59. The van der Waals surface area contributed by atoms with E-state index in [0.717, 1.165) is 30.4 Å². The quantitative estimate of drug-likeness (QED) is 0.297. The van der Waals surface area contributed by atoms with Crippen LogP contribution in [0, 0.1) is 24.5 Å². The Morgan fingerprint density at radius 1 is 0.742 bits per heavy atom. The fourth-order valence-corrected chi connectivity index (χ4v) is 3.87. The van der Waals surface area contributed by atoms with Crippen molar-refractivity contribution in [2.45, 2.75) is 52.9 Å². The van der Waals surface area contributed by atoms with Crippen LogP contribution in [0.4, 0.5) is 8.78 Å². The van der Waals surface area contributed by atoms with Crippen LogP contribution in [0.1, 0.15) is 51.5 Å². The number of unbranched alkanes of at least 4 members (excludes halogenated alkanes) is 1. The summed E-state index contributed by atoms with van der Waals surface area (Å²) in [6, 6.07) is 18.9. The van der Waals surface area contributed by atoms with Crippen LogP contribution >= 0.6 is 0 Å². The number of aryl methyl sites for hydroxylation is 1. The van der Waals surface area contributed by atoms with Crippen LogP contribution < -0.4 is 4.74 Å². The second-order valence-electron chi connectivity index (χ2n) is 8.42. The maximum atomic E-state index is 14.7. The molecule has 0 saturated heterocycles. The van der Waals surface area contributed by atoms with E-state index in [4.69, 9.17) is 4.74 Å². The molecule has 3 aromatic carbocycles. The van der Waals surface area contributed by atoms with E-state index >= 15 is 0 Å². The lowest BCUT2D eigenvalue weighted by Gasteiger charge is -2.12. The molecule has 0 amide bonds. The first-order valence-electron chi connectivity index (χ1n) is 11.3. The molecule has 0 saturated carbocycles. The summed E-state index contributed by atoms with van der Waals surface area (Å²) in [7, 11) is 0. The number of ether oxygens (including phenoxy) is 1. The summed E-state index contributed by atoms with van der Waals surface area (Å²) in [6.07, 6.45) is 5.46. The Morgan fingerprint density at radius 2 is 1.35 bits per heavy atom. The van der Waals surface area contributed by atoms with Crippen LogP contribution in [0.3, 0.4) is 0 Å². The van der Waals surface area contributed by atoms with E-state index in [1.807, 2.05) is 31.2 Å². The third-order valence-corrected chi connectivity index (χ3v) is 5.76. The third-order valence-electron chi connectivity index (χ3n) is 5.76. The molecule has 0 aliphatic carbocycles. The summed E-state index contributed by atoms with van der Waals surface area (Å²) in [4.78, 5) is 0. The Kier molecular flexibility index (Phi) is 8.22. The van der Waals surface area contributed by atoms with E-state index in [2.05, 4.69) is 38.1 Å². The number of hydrogen-bond donors (Lipinski definition) is 0. The van der Waals surface area contributed by atoms with Crippen molar-refractivity contribution in [3.8, 4) is 28.0 Å². The van der Waals surface area contributed by atoms with Crippen LogP contribution in [0.15, 0.2) is 60.7 Å². The fraction of sp³-hybridized carbons (Fsp3) is 0.357. The maximum absolute atomic E-state index is 14.7. The molecule has 0 bridgehead atoms. The molecule has 1 atom stereocenters. The van der Waals surface area contributed by atoms with Crippen molar-refractivity contribution >= 4 is 0 Å².